The smallest absolute Gasteiger partial charge is 0.408 e. The van der Waals surface area contributed by atoms with Crippen LogP contribution in [0, 0.1) is 20.8 Å². The van der Waals surface area contributed by atoms with Gasteiger partial charge in [0.2, 0.25) is 5.91 Å². The second kappa shape index (κ2) is 16.8. The van der Waals surface area contributed by atoms with Crippen LogP contribution in [0.15, 0.2) is 72.8 Å². The summed E-state index contributed by atoms with van der Waals surface area (Å²) in [6, 6.07) is 21.3. The molecule has 0 saturated carbocycles. The van der Waals surface area contributed by atoms with Crippen molar-refractivity contribution in [2.75, 3.05) is 11.9 Å². The number of hydrogen-bond acceptors (Lipinski definition) is 4. The van der Waals surface area contributed by atoms with Crippen LogP contribution in [0.3, 0.4) is 0 Å². The molecule has 0 radical (unpaired) electrons. The van der Waals surface area contributed by atoms with E-state index < -0.39 is 23.8 Å². The fourth-order valence-electron chi connectivity index (χ4n) is 5.51. The molecule has 7 nitrogen and oxygen atoms in total. The molecule has 242 valence electrons. The lowest BCUT2D eigenvalue weighted by Crippen LogP contribution is -2.53. The highest BCUT2D eigenvalue weighted by Crippen LogP contribution is 2.28. The Balaban J connectivity index is 2.09. The summed E-state index contributed by atoms with van der Waals surface area (Å²) < 4.78 is 5.58. The Labute approximate surface area is 269 Å². The average molecular weight is 614 g/mol. The summed E-state index contributed by atoms with van der Waals surface area (Å²) in [5.74, 6) is -0.628. The number of ether oxygens (including phenoxy) is 1. The highest BCUT2D eigenvalue weighted by atomic mass is 16.6. The van der Waals surface area contributed by atoms with Crippen LogP contribution < -0.4 is 10.6 Å². The molecule has 0 spiro atoms. The topological polar surface area (TPSA) is 87.7 Å². The van der Waals surface area contributed by atoms with Gasteiger partial charge in [-0.15, -0.1) is 0 Å². The number of para-hydroxylation sites is 1. The number of rotatable bonds is 14. The first kappa shape index (κ1) is 35.4. The van der Waals surface area contributed by atoms with Gasteiger partial charge in [-0.1, -0.05) is 110 Å². The molecule has 3 aromatic rings. The Bertz CT molecular complexity index is 1390. The first-order valence-corrected chi connectivity index (χ1v) is 16.2. The van der Waals surface area contributed by atoms with Crippen LogP contribution in [0.1, 0.15) is 93.7 Å². The van der Waals surface area contributed by atoms with Gasteiger partial charge in [-0.3, -0.25) is 9.59 Å². The van der Waals surface area contributed by atoms with Crippen molar-refractivity contribution >= 4 is 23.6 Å². The van der Waals surface area contributed by atoms with Crippen molar-refractivity contribution in [1.29, 1.82) is 0 Å². The van der Waals surface area contributed by atoms with Crippen molar-refractivity contribution in [3.8, 4) is 0 Å². The molecule has 3 aromatic carbocycles. The molecule has 0 aromatic heterocycles. The van der Waals surface area contributed by atoms with Crippen molar-refractivity contribution in [2.24, 2.45) is 0 Å². The highest BCUT2D eigenvalue weighted by molar-refractivity contribution is 5.99. The molecule has 2 unspecified atom stereocenters. The van der Waals surface area contributed by atoms with Gasteiger partial charge < -0.3 is 20.3 Å². The summed E-state index contributed by atoms with van der Waals surface area (Å²) in [5, 5.41) is 5.97. The predicted octanol–water partition coefficient (Wildman–Crippen LogP) is 8.23. The Morgan fingerprint density at radius 1 is 0.822 bits per heavy atom. The van der Waals surface area contributed by atoms with Crippen molar-refractivity contribution in [2.45, 2.75) is 105 Å². The third kappa shape index (κ3) is 11.4. The molecular weight excluding hydrogens is 562 g/mol. The van der Waals surface area contributed by atoms with Crippen LogP contribution >= 0.6 is 0 Å². The zero-order valence-electron chi connectivity index (χ0n) is 28.1. The minimum Gasteiger partial charge on any atom is -0.444 e. The SMILES string of the molecule is CCCCCCCN(C(=O)C(Cc1ccccc1)NC(=O)OC(C)(C)C)C(C(=O)Nc1ccccc1C)c1cc(C)cc(C)c1. The Hall–Kier alpha value is -4.13. The van der Waals surface area contributed by atoms with E-state index in [0.29, 0.717) is 12.2 Å². The van der Waals surface area contributed by atoms with Crippen LogP contribution in [0.5, 0.6) is 0 Å². The maximum Gasteiger partial charge on any atom is 0.408 e. The van der Waals surface area contributed by atoms with E-state index in [0.717, 1.165) is 59.9 Å². The van der Waals surface area contributed by atoms with Crippen LogP contribution in [-0.4, -0.2) is 41.0 Å². The summed E-state index contributed by atoms with van der Waals surface area (Å²) in [6.45, 7) is 13.8. The second-order valence-electron chi connectivity index (χ2n) is 13.0. The molecule has 7 heteroatoms. The number of carbonyl (C=O) groups is 3. The van der Waals surface area contributed by atoms with Gasteiger partial charge in [0.05, 0.1) is 0 Å². The fourth-order valence-corrected chi connectivity index (χ4v) is 5.51. The molecule has 0 saturated heterocycles. The van der Waals surface area contributed by atoms with E-state index in [1.165, 1.54) is 0 Å². The molecule has 2 N–H and O–H groups in total. The fraction of sp³-hybridized carbons (Fsp3) is 0.447. The number of amides is 3. The highest BCUT2D eigenvalue weighted by Gasteiger charge is 2.36. The molecule has 0 aliphatic rings. The predicted molar refractivity (Wildman–Crippen MR) is 182 cm³/mol. The van der Waals surface area contributed by atoms with E-state index in [9.17, 15) is 14.4 Å². The summed E-state index contributed by atoms with van der Waals surface area (Å²) in [4.78, 5) is 43.8. The van der Waals surface area contributed by atoms with E-state index in [1.54, 1.807) is 25.7 Å². The van der Waals surface area contributed by atoms with Crippen molar-refractivity contribution in [3.63, 3.8) is 0 Å². The zero-order valence-corrected chi connectivity index (χ0v) is 28.1. The first-order chi connectivity index (χ1) is 21.4. The molecular formula is C38H51N3O4. The van der Waals surface area contributed by atoms with Gasteiger partial charge in [-0.25, -0.2) is 4.79 Å². The number of nitrogens with one attached hydrogen (secondary N) is 2. The number of nitrogens with zero attached hydrogens (tertiary/aromatic N) is 1. The average Bonchev–Trinajstić information content (AvgIpc) is 2.96. The molecule has 0 fully saturated rings. The number of benzene rings is 3. The lowest BCUT2D eigenvalue weighted by molar-refractivity contribution is -0.140. The van der Waals surface area contributed by atoms with Gasteiger partial charge in [-0.05, 0) is 70.7 Å². The lowest BCUT2D eigenvalue weighted by atomic mass is 9.96. The Kier molecular flexibility index (Phi) is 13.2. The third-order valence-electron chi connectivity index (χ3n) is 7.58. The molecule has 3 amide bonds. The molecule has 0 bridgehead atoms. The molecule has 2 atom stereocenters. The van der Waals surface area contributed by atoms with Gasteiger partial charge in [0.15, 0.2) is 0 Å². The molecule has 0 heterocycles. The summed E-state index contributed by atoms with van der Waals surface area (Å²) in [7, 11) is 0. The standard InChI is InChI=1S/C38H51N3O4/c1-8-9-10-11-17-22-41(36(43)33(26-30-19-13-12-14-20-30)40-37(44)45-38(5,6)7)34(31-24-27(2)23-28(3)25-31)35(42)39-32-21-16-15-18-29(32)4/h12-16,18-21,23-25,33-34H,8-11,17,22,26H2,1-7H3,(H,39,42)(H,40,44). The number of alkyl carbamates (subject to hydrolysis) is 1. The monoisotopic (exact) mass is 613 g/mol. The number of unbranched alkanes of at least 4 members (excludes halogenated alkanes) is 4. The number of anilines is 1. The van der Waals surface area contributed by atoms with Crippen LogP contribution in [0.2, 0.25) is 0 Å². The summed E-state index contributed by atoms with van der Waals surface area (Å²) in [5.41, 5.74) is 4.51. The normalized spacial score (nSPS) is 12.6. The van der Waals surface area contributed by atoms with Gasteiger partial charge in [0.25, 0.3) is 5.91 Å². The molecule has 0 aliphatic heterocycles. The van der Waals surface area contributed by atoms with Crippen LogP contribution in [0.4, 0.5) is 10.5 Å². The molecule has 3 rings (SSSR count). The van der Waals surface area contributed by atoms with E-state index in [-0.39, 0.29) is 18.2 Å². The molecule has 0 aliphatic carbocycles. The van der Waals surface area contributed by atoms with Crippen LogP contribution in [0.25, 0.3) is 0 Å². The Morgan fingerprint density at radius 2 is 1.44 bits per heavy atom. The van der Waals surface area contributed by atoms with E-state index in [1.807, 2.05) is 87.5 Å². The first-order valence-electron chi connectivity index (χ1n) is 16.2. The summed E-state index contributed by atoms with van der Waals surface area (Å²) >= 11 is 0. The number of aryl methyl sites for hydroxylation is 3. The van der Waals surface area contributed by atoms with Crippen molar-refractivity contribution in [1.82, 2.24) is 10.2 Å². The van der Waals surface area contributed by atoms with Crippen LogP contribution in [-0.2, 0) is 20.7 Å². The van der Waals surface area contributed by atoms with Gasteiger partial charge in [0.1, 0.15) is 17.7 Å². The van der Waals surface area contributed by atoms with E-state index in [2.05, 4.69) is 23.6 Å². The Morgan fingerprint density at radius 3 is 2.07 bits per heavy atom. The number of hydrogen-bond donors (Lipinski definition) is 2. The van der Waals surface area contributed by atoms with Gasteiger partial charge in [-0.2, -0.15) is 0 Å². The largest absolute Gasteiger partial charge is 0.444 e. The maximum atomic E-state index is 14.8. The van der Waals surface area contributed by atoms with Gasteiger partial charge in [0, 0.05) is 18.7 Å². The molecule has 45 heavy (non-hydrogen) atoms. The maximum absolute atomic E-state index is 14.8. The summed E-state index contributed by atoms with van der Waals surface area (Å²) in [6.07, 6.45) is 4.50. The number of carbonyl (C=O) groups excluding carboxylic acids is 3. The van der Waals surface area contributed by atoms with E-state index >= 15 is 0 Å². The zero-order chi connectivity index (χ0) is 33.0. The quantitative estimate of drug-likeness (QED) is 0.179. The second-order valence-corrected chi connectivity index (χ2v) is 13.0. The lowest BCUT2D eigenvalue weighted by Gasteiger charge is -2.35. The van der Waals surface area contributed by atoms with E-state index in [4.69, 9.17) is 4.74 Å². The minimum atomic E-state index is -0.947. The van der Waals surface area contributed by atoms with Gasteiger partial charge >= 0.3 is 6.09 Å². The minimum absolute atomic E-state index is 0.254. The van der Waals surface area contributed by atoms with Crippen molar-refractivity contribution in [3.05, 3.63) is 101 Å². The van der Waals surface area contributed by atoms with Crippen molar-refractivity contribution < 1.29 is 19.1 Å². The third-order valence-corrected chi connectivity index (χ3v) is 7.58.